The summed E-state index contributed by atoms with van der Waals surface area (Å²) in [4.78, 5) is 27.4. The van der Waals surface area contributed by atoms with Gasteiger partial charge in [0.25, 0.3) is 5.91 Å². The molecule has 2 aromatic carbocycles. The molecule has 2 aromatic rings. The molecule has 1 N–H and O–H groups in total. The van der Waals surface area contributed by atoms with Crippen LogP contribution in [0.4, 0.5) is 0 Å². The second kappa shape index (κ2) is 12.5. The molecule has 0 spiro atoms. The van der Waals surface area contributed by atoms with Crippen LogP contribution in [0.5, 0.6) is 5.75 Å². The van der Waals surface area contributed by atoms with E-state index in [-0.39, 0.29) is 31.0 Å². The lowest BCUT2D eigenvalue weighted by Gasteiger charge is -2.30. The molecule has 0 fully saturated rings. The van der Waals surface area contributed by atoms with Gasteiger partial charge in [-0.15, -0.1) is 0 Å². The van der Waals surface area contributed by atoms with Gasteiger partial charge in [-0.1, -0.05) is 49.2 Å². The van der Waals surface area contributed by atoms with Crippen LogP contribution in [0.2, 0.25) is 10.0 Å². The first-order chi connectivity index (χ1) is 15.2. The molecule has 0 aliphatic heterocycles. The number of halogens is 3. The Morgan fingerprint density at radius 1 is 1.12 bits per heavy atom. The molecule has 5 nitrogen and oxygen atoms in total. The highest BCUT2D eigenvalue weighted by Crippen LogP contribution is 2.27. The maximum Gasteiger partial charge on any atom is 0.261 e. The molecule has 174 valence electrons. The smallest absolute Gasteiger partial charge is 0.261 e. The molecule has 0 saturated carbocycles. The first kappa shape index (κ1) is 26.5. The fraction of sp³-hybridized carbons (Fsp3) is 0.417. The normalized spacial score (nSPS) is 12.7. The number of carbonyl (C=O) groups is 2. The summed E-state index contributed by atoms with van der Waals surface area (Å²) in [6.07, 6.45) is 1.69. The van der Waals surface area contributed by atoms with Crippen LogP contribution in [0.15, 0.2) is 40.9 Å². The minimum atomic E-state index is -0.710. The SMILES string of the molecule is CCc1ccc(OCC(=O)N(Cc2ccc(Cl)cc2Cl)[C@H](C)C(=O)N[C@@H](C)CC)c(Br)c1. The maximum atomic E-state index is 13.2. The summed E-state index contributed by atoms with van der Waals surface area (Å²) in [5.74, 6) is 0.0114. The molecule has 0 radical (unpaired) electrons. The predicted octanol–water partition coefficient (Wildman–Crippen LogP) is 6.03. The van der Waals surface area contributed by atoms with Crippen molar-refractivity contribution in [2.75, 3.05) is 6.61 Å². The van der Waals surface area contributed by atoms with E-state index < -0.39 is 6.04 Å². The van der Waals surface area contributed by atoms with Gasteiger partial charge in [0.15, 0.2) is 6.61 Å². The van der Waals surface area contributed by atoms with E-state index in [1.54, 1.807) is 25.1 Å². The lowest BCUT2D eigenvalue weighted by atomic mass is 10.1. The predicted molar refractivity (Wildman–Crippen MR) is 133 cm³/mol. The topological polar surface area (TPSA) is 58.6 Å². The Morgan fingerprint density at radius 2 is 1.84 bits per heavy atom. The summed E-state index contributed by atoms with van der Waals surface area (Å²) in [7, 11) is 0. The zero-order valence-electron chi connectivity index (χ0n) is 18.8. The van der Waals surface area contributed by atoms with Crippen molar-refractivity contribution in [1.29, 1.82) is 0 Å². The third kappa shape index (κ3) is 7.39. The number of ether oxygens (including phenoxy) is 1. The van der Waals surface area contributed by atoms with Crippen molar-refractivity contribution in [2.45, 2.75) is 59.2 Å². The number of benzene rings is 2. The van der Waals surface area contributed by atoms with E-state index in [4.69, 9.17) is 27.9 Å². The van der Waals surface area contributed by atoms with Crippen LogP contribution in [-0.2, 0) is 22.6 Å². The molecule has 0 saturated heterocycles. The summed E-state index contributed by atoms with van der Waals surface area (Å²) in [6.45, 7) is 7.62. The fourth-order valence-corrected chi connectivity index (χ4v) is 3.99. The quantitative estimate of drug-likeness (QED) is 0.398. The highest BCUT2D eigenvalue weighted by molar-refractivity contribution is 9.10. The minimum Gasteiger partial charge on any atom is -0.483 e. The zero-order chi connectivity index (χ0) is 23.8. The first-order valence-electron chi connectivity index (χ1n) is 10.6. The highest BCUT2D eigenvalue weighted by Gasteiger charge is 2.28. The number of aryl methyl sites for hydroxylation is 1. The van der Waals surface area contributed by atoms with Crippen molar-refractivity contribution < 1.29 is 14.3 Å². The molecular formula is C24H29BrCl2N2O3. The molecule has 0 aromatic heterocycles. The summed E-state index contributed by atoms with van der Waals surface area (Å²) < 4.78 is 6.55. The van der Waals surface area contributed by atoms with Crippen LogP contribution in [0.25, 0.3) is 0 Å². The van der Waals surface area contributed by atoms with Crippen molar-refractivity contribution in [3.63, 3.8) is 0 Å². The Kier molecular flexibility index (Phi) is 10.3. The van der Waals surface area contributed by atoms with Gasteiger partial charge in [-0.3, -0.25) is 9.59 Å². The largest absolute Gasteiger partial charge is 0.483 e. The van der Waals surface area contributed by atoms with Crippen LogP contribution >= 0.6 is 39.1 Å². The van der Waals surface area contributed by atoms with Gasteiger partial charge in [-0.05, 0) is 78.0 Å². The van der Waals surface area contributed by atoms with Crippen LogP contribution < -0.4 is 10.1 Å². The lowest BCUT2D eigenvalue weighted by Crippen LogP contribution is -2.50. The molecule has 0 heterocycles. The standard InChI is InChI=1S/C24H29BrCl2N2O3/c1-5-15(3)28-24(31)16(4)29(13-18-8-9-19(26)12-21(18)27)23(30)14-32-22-10-7-17(6-2)11-20(22)25/h7-12,15-16H,5-6,13-14H2,1-4H3,(H,28,31)/t15-,16+/m0/s1. The number of carbonyl (C=O) groups excluding carboxylic acids is 2. The van der Waals surface area contributed by atoms with Gasteiger partial charge < -0.3 is 15.0 Å². The summed E-state index contributed by atoms with van der Waals surface area (Å²) in [6, 6.07) is 10.1. The van der Waals surface area contributed by atoms with Crippen molar-refractivity contribution in [1.82, 2.24) is 10.2 Å². The van der Waals surface area contributed by atoms with Crippen molar-refractivity contribution >= 4 is 50.9 Å². The molecule has 0 unspecified atom stereocenters. The molecule has 8 heteroatoms. The molecule has 0 bridgehead atoms. The summed E-state index contributed by atoms with van der Waals surface area (Å²) in [5, 5.41) is 3.87. The maximum absolute atomic E-state index is 13.2. The Bertz CT molecular complexity index is 955. The average Bonchev–Trinajstić information content (AvgIpc) is 2.76. The summed E-state index contributed by atoms with van der Waals surface area (Å²) in [5.41, 5.74) is 1.85. The summed E-state index contributed by atoms with van der Waals surface area (Å²) >= 11 is 15.8. The lowest BCUT2D eigenvalue weighted by molar-refractivity contribution is -0.142. The Labute approximate surface area is 208 Å². The number of nitrogens with one attached hydrogen (secondary N) is 1. The molecule has 0 aliphatic carbocycles. The Morgan fingerprint density at radius 3 is 2.44 bits per heavy atom. The van der Waals surface area contributed by atoms with Gasteiger partial charge >= 0.3 is 0 Å². The van der Waals surface area contributed by atoms with Crippen molar-refractivity contribution in [3.05, 3.63) is 62.0 Å². The van der Waals surface area contributed by atoms with Gasteiger partial charge in [0.2, 0.25) is 5.91 Å². The van der Waals surface area contributed by atoms with E-state index >= 15 is 0 Å². The number of nitrogens with zero attached hydrogens (tertiary/aromatic N) is 1. The van der Waals surface area contributed by atoms with E-state index in [1.165, 1.54) is 4.90 Å². The zero-order valence-corrected chi connectivity index (χ0v) is 21.9. The van der Waals surface area contributed by atoms with E-state index in [2.05, 4.69) is 28.2 Å². The van der Waals surface area contributed by atoms with E-state index in [0.717, 1.165) is 22.9 Å². The van der Waals surface area contributed by atoms with E-state index in [0.29, 0.717) is 21.4 Å². The van der Waals surface area contributed by atoms with Gasteiger partial charge in [0.05, 0.1) is 4.47 Å². The third-order valence-electron chi connectivity index (χ3n) is 5.28. The molecule has 2 atom stereocenters. The fourth-order valence-electron chi connectivity index (χ4n) is 2.99. The monoisotopic (exact) mass is 542 g/mol. The number of hydrogen-bond donors (Lipinski definition) is 1. The number of hydrogen-bond acceptors (Lipinski definition) is 3. The molecule has 0 aliphatic rings. The van der Waals surface area contributed by atoms with E-state index in [1.807, 2.05) is 32.0 Å². The van der Waals surface area contributed by atoms with Crippen molar-refractivity contribution in [2.24, 2.45) is 0 Å². The minimum absolute atomic E-state index is 0.00491. The van der Waals surface area contributed by atoms with Gasteiger partial charge in [-0.25, -0.2) is 0 Å². The Balaban J connectivity index is 2.21. The second-order valence-electron chi connectivity index (χ2n) is 7.66. The Hall–Kier alpha value is -1.76. The van der Waals surface area contributed by atoms with Crippen LogP contribution in [-0.4, -0.2) is 35.4 Å². The average molecular weight is 544 g/mol. The molecule has 32 heavy (non-hydrogen) atoms. The second-order valence-corrected chi connectivity index (χ2v) is 9.36. The van der Waals surface area contributed by atoms with Gasteiger partial charge in [0, 0.05) is 22.6 Å². The molecule has 2 rings (SSSR count). The highest BCUT2D eigenvalue weighted by atomic mass is 79.9. The number of amides is 2. The number of rotatable bonds is 10. The van der Waals surface area contributed by atoms with Gasteiger partial charge in [0.1, 0.15) is 11.8 Å². The van der Waals surface area contributed by atoms with Gasteiger partial charge in [-0.2, -0.15) is 0 Å². The first-order valence-corrected chi connectivity index (χ1v) is 12.2. The van der Waals surface area contributed by atoms with Crippen molar-refractivity contribution in [3.8, 4) is 5.75 Å². The molecular weight excluding hydrogens is 515 g/mol. The third-order valence-corrected chi connectivity index (χ3v) is 6.49. The van der Waals surface area contributed by atoms with Crippen LogP contribution in [0, 0.1) is 0 Å². The van der Waals surface area contributed by atoms with Crippen LogP contribution in [0.3, 0.4) is 0 Å². The molecule has 2 amide bonds. The van der Waals surface area contributed by atoms with E-state index in [9.17, 15) is 9.59 Å². The van der Waals surface area contributed by atoms with Crippen LogP contribution in [0.1, 0.15) is 45.2 Å².